The maximum absolute atomic E-state index is 12.7. The number of ether oxygens (including phenoxy) is 1. The van der Waals surface area contributed by atoms with Crippen molar-refractivity contribution < 1.29 is 22.7 Å². The third-order valence-corrected chi connectivity index (χ3v) is 4.70. The fourth-order valence-corrected chi connectivity index (χ4v) is 3.07. The van der Waals surface area contributed by atoms with Gasteiger partial charge in [-0.3, -0.25) is 4.79 Å². The molecule has 0 aliphatic carbocycles. The molecule has 0 radical (unpaired) electrons. The molecule has 3 aromatic rings. The Kier molecular flexibility index (Phi) is 5.99. The Hall–Kier alpha value is -2.87. The number of hydrogen-bond donors (Lipinski definition) is 1. The van der Waals surface area contributed by atoms with Crippen LogP contribution in [0, 0.1) is 6.92 Å². The largest absolute Gasteiger partial charge is 0.487 e. The lowest BCUT2D eigenvalue weighted by molar-refractivity contribution is -0.137. The van der Waals surface area contributed by atoms with E-state index in [1.807, 2.05) is 12.3 Å². The number of benzene rings is 2. The minimum absolute atomic E-state index is 0.00415. The highest BCUT2D eigenvalue weighted by Crippen LogP contribution is 2.29. The number of carbonyl (C=O) groups excluding carboxylic acids is 1. The van der Waals surface area contributed by atoms with Gasteiger partial charge < -0.3 is 10.1 Å². The molecule has 1 N–H and O–H groups in total. The molecule has 1 aromatic heterocycles. The van der Waals surface area contributed by atoms with Crippen molar-refractivity contribution in [1.82, 2.24) is 10.3 Å². The summed E-state index contributed by atoms with van der Waals surface area (Å²) >= 11 is 1.55. The van der Waals surface area contributed by atoms with Crippen molar-refractivity contribution in [2.45, 2.75) is 26.3 Å². The number of hydrogen-bond acceptors (Lipinski definition) is 4. The lowest BCUT2D eigenvalue weighted by atomic mass is 10.1. The summed E-state index contributed by atoms with van der Waals surface area (Å²) in [6.07, 6.45) is -4.41. The van der Waals surface area contributed by atoms with Gasteiger partial charge in [-0.05, 0) is 48.9 Å². The summed E-state index contributed by atoms with van der Waals surface area (Å²) in [5, 5.41) is 5.50. The van der Waals surface area contributed by atoms with Crippen LogP contribution < -0.4 is 10.1 Å². The molecule has 0 spiro atoms. The molecule has 146 valence electrons. The number of nitrogens with zero attached hydrogens (tertiary/aromatic N) is 1. The van der Waals surface area contributed by atoms with Crippen molar-refractivity contribution in [2.75, 3.05) is 0 Å². The Morgan fingerprint density at radius 1 is 1.18 bits per heavy atom. The smallest absolute Gasteiger partial charge is 0.416 e. The summed E-state index contributed by atoms with van der Waals surface area (Å²) in [4.78, 5) is 16.5. The molecular formula is C20H17F3N2O2S. The molecule has 0 atom stereocenters. The maximum Gasteiger partial charge on any atom is 0.416 e. The summed E-state index contributed by atoms with van der Waals surface area (Å²) in [7, 11) is 0. The molecule has 0 fully saturated rings. The summed E-state index contributed by atoms with van der Waals surface area (Å²) in [5.74, 6) is 0.221. The van der Waals surface area contributed by atoms with Gasteiger partial charge in [0.05, 0.1) is 16.3 Å². The van der Waals surface area contributed by atoms with Crippen molar-refractivity contribution in [3.8, 4) is 5.75 Å². The lowest BCUT2D eigenvalue weighted by Gasteiger charge is -2.10. The first kappa shape index (κ1) is 19.9. The van der Waals surface area contributed by atoms with Gasteiger partial charge in [-0.2, -0.15) is 13.2 Å². The first-order chi connectivity index (χ1) is 13.3. The SMILES string of the molecule is Cc1nc(COc2ccc(C(=O)NCc3cccc(C(F)(F)F)c3)cc2)cs1. The van der Waals surface area contributed by atoms with E-state index in [9.17, 15) is 18.0 Å². The maximum atomic E-state index is 12.7. The van der Waals surface area contributed by atoms with Crippen LogP contribution in [0.3, 0.4) is 0 Å². The van der Waals surface area contributed by atoms with Crippen molar-refractivity contribution in [3.63, 3.8) is 0 Å². The molecular weight excluding hydrogens is 389 g/mol. The second-order valence-electron chi connectivity index (χ2n) is 6.05. The Morgan fingerprint density at radius 2 is 1.93 bits per heavy atom. The number of nitrogens with one attached hydrogen (secondary N) is 1. The van der Waals surface area contributed by atoms with Crippen molar-refractivity contribution >= 4 is 17.2 Å². The van der Waals surface area contributed by atoms with E-state index >= 15 is 0 Å². The molecule has 0 aliphatic rings. The summed E-state index contributed by atoms with van der Waals surface area (Å²) < 4.78 is 43.8. The molecule has 0 aliphatic heterocycles. The number of aryl methyl sites for hydroxylation is 1. The van der Waals surface area contributed by atoms with E-state index in [4.69, 9.17) is 4.74 Å². The number of amides is 1. The highest BCUT2D eigenvalue weighted by molar-refractivity contribution is 7.09. The molecule has 0 bridgehead atoms. The van der Waals surface area contributed by atoms with Crippen LogP contribution in [0.4, 0.5) is 13.2 Å². The number of aromatic nitrogens is 1. The number of thiazole rings is 1. The average molecular weight is 406 g/mol. The van der Waals surface area contributed by atoms with Crippen LogP contribution in [0.5, 0.6) is 5.75 Å². The number of carbonyl (C=O) groups is 1. The van der Waals surface area contributed by atoms with Gasteiger partial charge in [0.2, 0.25) is 0 Å². The van der Waals surface area contributed by atoms with Gasteiger partial charge in [0.1, 0.15) is 12.4 Å². The molecule has 0 saturated heterocycles. The van der Waals surface area contributed by atoms with Crippen molar-refractivity contribution in [2.24, 2.45) is 0 Å². The number of alkyl halides is 3. The zero-order valence-corrected chi connectivity index (χ0v) is 15.7. The molecule has 3 rings (SSSR count). The Balaban J connectivity index is 1.54. The second-order valence-corrected chi connectivity index (χ2v) is 7.11. The monoisotopic (exact) mass is 406 g/mol. The van der Waals surface area contributed by atoms with Gasteiger partial charge in [0.25, 0.3) is 5.91 Å². The van der Waals surface area contributed by atoms with Crippen LogP contribution in [0.25, 0.3) is 0 Å². The third kappa shape index (κ3) is 5.32. The first-order valence-electron chi connectivity index (χ1n) is 8.39. The minimum Gasteiger partial charge on any atom is -0.487 e. The third-order valence-electron chi connectivity index (χ3n) is 3.88. The average Bonchev–Trinajstić information content (AvgIpc) is 3.10. The lowest BCUT2D eigenvalue weighted by Crippen LogP contribution is -2.23. The molecule has 1 heterocycles. The molecule has 28 heavy (non-hydrogen) atoms. The molecule has 4 nitrogen and oxygen atoms in total. The molecule has 1 amide bonds. The predicted octanol–water partition coefficient (Wildman–Crippen LogP) is 4.98. The number of rotatable bonds is 6. The van der Waals surface area contributed by atoms with Crippen LogP contribution in [0.1, 0.15) is 32.2 Å². The Bertz CT molecular complexity index is 953. The van der Waals surface area contributed by atoms with E-state index < -0.39 is 11.7 Å². The van der Waals surface area contributed by atoms with Crippen LogP contribution in [0.2, 0.25) is 0 Å². The van der Waals surface area contributed by atoms with Gasteiger partial charge >= 0.3 is 6.18 Å². The molecule has 8 heteroatoms. The van der Waals surface area contributed by atoms with Crippen LogP contribution in [-0.4, -0.2) is 10.9 Å². The minimum atomic E-state index is -4.41. The van der Waals surface area contributed by atoms with E-state index in [2.05, 4.69) is 10.3 Å². The van der Waals surface area contributed by atoms with Crippen LogP contribution in [0.15, 0.2) is 53.9 Å². The second kappa shape index (κ2) is 8.43. The van der Waals surface area contributed by atoms with Crippen LogP contribution >= 0.6 is 11.3 Å². The fourth-order valence-electron chi connectivity index (χ4n) is 2.48. The summed E-state index contributed by atoms with van der Waals surface area (Å²) in [6.45, 7) is 2.26. The van der Waals surface area contributed by atoms with E-state index in [1.165, 1.54) is 12.1 Å². The van der Waals surface area contributed by atoms with E-state index in [0.29, 0.717) is 23.5 Å². The zero-order chi connectivity index (χ0) is 20.1. The van der Waals surface area contributed by atoms with E-state index in [-0.39, 0.29) is 12.5 Å². The number of halogens is 3. The molecule has 0 unspecified atom stereocenters. The summed E-state index contributed by atoms with van der Waals surface area (Å²) in [6, 6.07) is 11.4. The van der Waals surface area contributed by atoms with Crippen molar-refractivity contribution in [3.05, 3.63) is 81.3 Å². The Labute approximate surface area is 164 Å². The summed E-state index contributed by atoms with van der Waals surface area (Å²) in [5.41, 5.74) is 0.868. The Morgan fingerprint density at radius 3 is 2.57 bits per heavy atom. The molecule has 2 aromatic carbocycles. The highest BCUT2D eigenvalue weighted by Gasteiger charge is 2.30. The highest BCUT2D eigenvalue weighted by atomic mass is 32.1. The van der Waals surface area contributed by atoms with Crippen molar-refractivity contribution in [1.29, 1.82) is 0 Å². The van der Waals surface area contributed by atoms with Crippen LogP contribution in [-0.2, 0) is 19.3 Å². The van der Waals surface area contributed by atoms with E-state index in [0.717, 1.165) is 22.8 Å². The van der Waals surface area contributed by atoms with Gasteiger partial charge in [0.15, 0.2) is 0 Å². The first-order valence-corrected chi connectivity index (χ1v) is 9.27. The quantitative estimate of drug-likeness (QED) is 0.628. The zero-order valence-electron chi connectivity index (χ0n) is 14.9. The van der Waals surface area contributed by atoms with Gasteiger partial charge in [-0.15, -0.1) is 11.3 Å². The van der Waals surface area contributed by atoms with E-state index in [1.54, 1.807) is 35.6 Å². The van der Waals surface area contributed by atoms with Gasteiger partial charge in [-0.25, -0.2) is 4.98 Å². The van der Waals surface area contributed by atoms with Gasteiger partial charge in [0, 0.05) is 17.5 Å². The fraction of sp³-hybridized carbons (Fsp3) is 0.200. The predicted molar refractivity (Wildman–Crippen MR) is 100 cm³/mol. The van der Waals surface area contributed by atoms with Gasteiger partial charge in [-0.1, -0.05) is 12.1 Å². The topological polar surface area (TPSA) is 51.2 Å². The normalized spacial score (nSPS) is 11.3. The molecule has 0 saturated carbocycles. The standard InChI is InChI=1S/C20H17F3N2O2S/c1-13-25-17(12-28-13)11-27-18-7-5-15(6-8-18)19(26)24-10-14-3-2-4-16(9-14)20(21,22)23/h2-9,12H,10-11H2,1H3,(H,24,26).